The molecule has 0 aliphatic heterocycles. The molecule has 3 unspecified atom stereocenters. The van der Waals surface area contributed by atoms with Gasteiger partial charge < -0.3 is 4.74 Å². The molecule has 1 fully saturated rings. The molecule has 0 bridgehead atoms. The minimum atomic E-state index is 0.130. The van der Waals surface area contributed by atoms with E-state index in [4.69, 9.17) is 16.3 Å². The zero-order valence-corrected chi connectivity index (χ0v) is 11.6. The molecule has 1 aliphatic carbocycles. The second-order valence-corrected chi connectivity index (χ2v) is 5.69. The molecule has 2 rings (SSSR count). The third kappa shape index (κ3) is 2.30. The first-order valence-electron chi connectivity index (χ1n) is 6.49. The summed E-state index contributed by atoms with van der Waals surface area (Å²) in [4.78, 5) is 0. The molecule has 1 aromatic carbocycles. The summed E-state index contributed by atoms with van der Waals surface area (Å²) >= 11 is 6.28. The van der Waals surface area contributed by atoms with Crippen molar-refractivity contribution in [2.45, 2.75) is 51.5 Å². The third-order valence-corrected chi connectivity index (χ3v) is 4.92. The molecule has 0 radical (unpaired) electrons. The summed E-state index contributed by atoms with van der Waals surface area (Å²) in [6.45, 7) is 6.57. The van der Waals surface area contributed by atoms with E-state index < -0.39 is 0 Å². The zero-order valence-electron chi connectivity index (χ0n) is 10.9. The monoisotopic (exact) mass is 252 g/mol. The topological polar surface area (TPSA) is 9.23 Å². The molecule has 1 aromatic rings. The van der Waals surface area contributed by atoms with Crippen LogP contribution in [0.25, 0.3) is 0 Å². The van der Waals surface area contributed by atoms with Gasteiger partial charge in [-0.2, -0.15) is 0 Å². The fourth-order valence-electron chi connectivity index (χ4n) is 2.37. The fraction of sp³-hybridized carbons (Fsp3) is 0.600. The Kier molecular flexibility index (Phi) is 3.67. The summed E-state index contributed by atoms with van der Waals surface area (Å²) in [5, 5.41) is 0.257. The Labute approximate surface area is 109 Å². The van der Waals surface area contributed by atoms with Crippen LogP contribution in [0.2, 0.25) is 0 Å². The van der Waals surface area contributed by atoms with Crippen molar-refractivity contribution in [1.29, 1.82) is 0 Å². The second-order valence-electron chi connectivity index (χ2n) is 5.17. The zero-order chi connectivity index (χ0) is 12.5. The molecule has 17 heavy (non-hydrogen) atoms. The fourth-order valence-corrected chi connectivity index (χ4v) is 2.82. The molecular weight excluding hydrogens is 232 g/mol. The second kappa shape index (κ2) is 4.89. The predicted molar refractivity (Wildman–Crippen MR) is 72.9 cm³/mol. The molecule has 94 valence electrons. The Hall–Kier alpha value is -0.690. The standard InChI is InChI=1S/C15H21ClO/c1-4-11-6-8-12(9-7-11)17-14-10-13(16)15(14,3)5-2/h6-9,13-14H,4-5,10H2,1-3H3. The minimum absolute atomic E-state index is 0.130. The van der Waals surface area contributed by atoms with Gasteiger partial charge in [0, 0.05) is 17.2 Å². The minimum Gasteiger partial charge on any atom is -0.490 e. The molecule has 0 aromatic heterocycles. The predicted octanol–water partition coefficient (Wildman–Crippen LogP) is 4.42. The van der Waals surface area contributed by atoms with Gasteiger partial charge in [0.2, 0.25) is 0 Å². The van der Waals surface area contributed by atoms with Crippen LogP contribution in [0.15, 0.2) is 24.3 Å². The van der Waals surface area contributed by atoms with Crippen molar-refractivity contribution in [2.75, 3.05) is 0 Å². The van der Waals surface area contributed by atoms with Crippen LogP contribution in [0.5, 0.6) is 5.75 Å². The summed E-state index contributed by atoms with van der Waals surface area (Å²) < 4.78 is 6.04. The molecule has 1 saturated carbocycles. The largest absolute Gasteiger partial charge is 0.490 e. The van der Waals surface area contributed by atoms with Crippen molar-refractivity contribution in [2.24, 2.45) is 5.41 Å². The number of alkyl halides is 1. The number of rotatable bonds is 4. The Morgan fingerprint density at radius 3 is 2.41 bits per heavy atom. The van der Waals surface area contributed by atoms with Crippen LogP contribution in [0.1, 0.15) is 39.2 Å². The lowest BCUT2D eigenvalue weighted by Crippen LogP contribution is -2.55. The van der Waals surface area contributed by atoms with Gasteiger partial charge in [-0.05, 0) is 30.5 Å². The molecule has 1 nitrogen and oxygen atoms in total. The van der Waals surface area contributed by atoms with E-state index in [1.165, 1.54) is 5.56 Å². The summed E-state index contributed by atoms with van der Waals surface area (Å²) in [5.74, 6) is 0.968. The van der Waals surface area contributed by atoms with Crippen molar-refractivity contribution in [1.82, 2.24) is 0 Å². The highest BCUT2D eigenvalue weighted by atomic mass is 35.5. The van der Waals surface area contributed by atoms with Crippen LogP contribution in [-0.2, 0) is 6.42 Å². The maximum Gasteiger partial charge on any atom is 0.119 e. The highest BCUT2D eigenvalue weighted by Crippen LogP contribution is 2.49. The highest BCUT2D eigenvalue weighted by Gasteiger charge is 2.51. The van der Waals surface area contributed by atoms with E-state index in [2.05, 4.69) is 45.0 Å². The summed E-state index contributed by atoms with van der Waals surface area (Å²) in [6.07, 6.45) is 3.36. The normalized spacial score (nSPS) is 32.0. The van der Waals surface area contributed by atoms with Gasteiger partial charge >= 0.3 is 0 Å². The van der Waals surface area contributed by atoms with Crippen LogP contribution in [-0.4, -0.2) is 11.5 Å². The lowest BCUT2D eigenvalue weighted by Gasteiger charge is -2.50. The van der Waals surface area contributed by atoms with Crippen LogP contribution in [0.3, 0.4) is 0 Å². The van der Waals surface area contributed by atoms with Crippen molar-refractivity contribution in [3.8, 4) is 5.75 Å². The van der Waals surface area contributed by atoms with Crippen molar-refractivity contribution < 1.29 is 4.74 Å². The lowest BCUT2D eigenvalue weighted by atomic mass is 9.65. The molecule has 0 spiro atoms. The van der Waals surface area contributed by atoms with E-state index in [0.29, 0.717) is 0 Å². The number of benzene rings is 1. The Morgan fingerprint density at radius 2 is 1.94 bits per heavy atom. The SMILES string of the molecule is CCc1ccc(OC2CC(Cl)C2(C)CC)cc1. The van der Waals surface area contributed by atoms with Crippen LogP contribution in [0, 0.1) is 5.41 Å². The first-order valence-corrected chi connectivity index (χ1v) is 6.93. The van der Waals surface area contributed by atoms with Gasteiger partial charge in [0.05, 0.1) is 0 Å². The average molecular weight is 253 g/mol. The molecule has 0 N–H and O–H groups in total. The molecule has 1 aliphatic rings. The van der Waals surface area contributed by atoms with E-state index in [9.17, 15) is 0 Å². The smallest absolute Gasteiger partial charge is 0.119 e. The first-order chi connectivity index (χ1) is 8.10. The molecule has 3 atom stereocenters. The first kappa shape index (κ1) is 12.8. The Bertz CT molecular complexity index is 373. The Balaban J connectivity index is 2.02. The molecule has 0 saturated heterocycles. The summed E-state index contributed by atoms with van der Waals surface area (Å²) in [5.41, 5.74) is 1.48. The number of hydrogen-bond acceptors (Lipinski definition) is 1. The molecule has 2 heteroatoms. The maximum atomic E-state index is 6.28. The summed E-state index contributed by atoms with van der Waals surface area (Å²) in [7, 11) is 0. The number of aryl methyl sites for hydroxylation is 1. The van der Waals surface area contributed by atoms with Gasteiger partial charge in [0.15, 0.2) is 0 Å². The van der Waals surface area contributed by atoms with E-state index in [1.54, 1.807) is 0 Å². The maximum absolute atomic E-state index is 6.28. The van der Waals surface area contributed by atoms with Crippen LogP contribution >= 0.6 is 11.6 Å². The van der Waals surface area contributed by atoms with Gasteiger partial charge in [0.25, 0.3) is 0 Å². The number of hydrogen-bond donors (Lipinski definition) is 0. The number of halogens is 1. The average Bonchev–Trinajstić information content (AvgIpc) is 2.38. The van der Waals surface area contributed by atoms with Gasteiger partial charge in [-0.15, -0.1) is 11.6 Å². The number of ether oxygens (including phenoxy) is 1. The van der Waals surface area contributed by atoms with E-state index in [-0.39, 0.29) is 16.9 Å². The summed E-state index contributed by atoms with van der Waals surface area (Å²) in [6, 6.07) is 8.40. The highest BCUT2D eigenvalue weighted by molar-refractivity contribution is 6.21. The van der Waals surface area contributed by atoms with Crippen molar-refractivity contribution >= 4 is 11.6 Å². The molecule has 0 amide bonds. The molecular formula is C15H21ClO. The van der Waals surface area contributed by atoms with Crippen molar-refractivity contribution in [3.63, 3.8) is 0 Å². The third-order valence-electron chi connectivity index (χ3n) is 4.24. The van der Waals surface area contributed by atoms with E-state index in [1.807, 2.05) is 0 Å². The van der Waals surface area contributed by atoms with Crippen LogP contribution < -0.4 is 4.74 Å². The van der Waals surface area contributed by atoms with Gasteiger partial charge in [-0.25, -0.2) is 0 Å². The van der Waals surface area contributed by atoms with Gasteiger partial charge in [-0.3, -0.25) is 0 Å². The quantitative estimate of drug-likeness (QED) is 0.721. The van der Waals surface area contributed by atoms with Gasteiger partial charge in [-0.1, -0.05) is 32.9 Å². The van der Waals surface area contributed by atoms with E-state index in [0.717, 1.165) is 25.0 Å². The van der Waals surface area contributed by atoms with Gasteiger partial charge in [0.1, 0.15) is 11.9 Å². The van der Waals surface area contributed by atoms with Crippen molar-refractivity contribution in [3.05, 3.63) is 29.8 Å². The Morgan fingerprint density at radius 1 is 1.29 bits per heavy atom. The van der Waals surface area contributed by atoms with E-state index >= 15 is 0 Å². The molecule has 0 heterocycles. The van der Waals surface area contributed by atoms with Crippen LogP contribution in [0.4, 0.5) is 0 Å². The lowest BCUT2D eigenvalue weighted by molar-refractivity contribution is -0.0294.